The number of halogens is 1. The smallest absolute Gasteiger partial charge is 0.197 e. The molecule has 2 aromatic heterocycles. The molecule has 2 heterocycles. The van der Waals surface area contributed by atoms with Crippen molar-refractivity contribution in [1.29, 1.82) is 0 Å². The zero-order valence-electron chi connectivity index (χ0n) is 13.8. The predicted octanol–water partition coefficient (Wildman–Crippen LogP) is 3.91. The molecule has 0 amide bonds. The molecule has 26 heavy (non-hydrogen) atoms. The first-order chi connectivity index (χ1) is 12.5. The van der Waals surface area contributed by atoms with Crippen molar-refractivity contribution in [3.05, 3.63) is 65.1 Å². The van der Waals surface area contributed by atoms with Gasteiger partial charge in [0, 0.05) is 11.8 Å². The number of hydrogen-bond donors (Lipinski definition) is 3. The molecule has 1 fully saturated rings. The second-order valence-corrected chi connectivity index (χ2v) is 6.93. The maximum absolute atomic E-state index is 13.3. The van der Waals surface area contributed by atoms with Crippen LogP contribution in [0.1, 0.15) is 35.2 Å². The van der Waals surface area contributed by atoms with Crippen molar-refractivity contribution >= 4 is 16.8 Å². The fourth-order valence-corrected chi connectivity index (χ4v) is 3.46. The van der Waals surface area contributed by atoms with Gasteiger partial charge in [0.25, 0.3) is 0 Å². The Hall–Kier alpha value is -2.99. The van der Waals surface area contributed by atoms with E-state index in [9.17, 15) is 14.3 Å². The molecule has 0 radical (unpaired) electrons. The number of carbonyl (C=O) groups is 1. The van der Waals surface area contributed by atoms with Crippen LogP contribution in [0.25, 0.3) is 22.6 Å². The molecule has 0 atom stereocenters. The molecule has 3 N–H and O–H groups in total. The summed E-state index contributed by atoms with van der Waals surface area (Å²) in [5, 5.41) is 10.5. The topological polar surface area (TPSA) is 81.8 Å². The quantitative estimate of drug-likeness (QED) is 0.625. The third-order valence-electron chi connectivity index (χ3n) is 5.30. The van der Waals surface area contributed by atoms with Crippen LogP contribution in [0.4, 0.5) is 4.39 Å². The van der Waals surface area contributed by atoms with E-state index >= 15 is 0 Å². The van der Waals surface area contributed by atoms with Gasteiger partial charge in [0.15, 0.2) is 11.6 Å². The van der Waals surface area contributed by atoms with Crippen molar-refractivity contribution in [3.8, 4) is 11.5 Å². The Labute approximate surface area is 148 Å². The summed E-state index contributed by atoms with van der Waals surface area (Å²) >= 11 is 0. The Morgan fingerprint density at radius 2 is 2.08 bits per heavy atom. The number of benzene rings is 1. The van der Waals surface area contributed by atoms with Gasteiger partial charge in [-0.25, -0.2) is 9.37 Å². The number of rotatable bonds is 4. The van der Waals surface area contributed by atoms with Crippen LogP contribution in [0.5, 0.6) is 0 Å². The van der Waals surface area contributed by atoms with Crippen LogP contribution in [0.15, 0.2) is 54.0 Å². The van der Waals surface area contributed by atoms with Crippen molar-refractivity contribution in [1.82, 2.24) is 15.0 Å². The lowest BCUT2D eigenvalue weighted by molar-refractivity contribution is -0.0386. The monoisotopic (exact) mass is 349 g/mol. The summed E-state index contributed by atoms with van der Waals surface area (Å²) in [6, 6.07) is 7.38. The number of imidazole rings is 1. The molecule has 0 aliphatic heterocycles. The highest BCUT2D eigenvalue weighted by Gasteiger charge is 2.36. The third-order valence-corrected chi connectivity index (χ3v) is 5.30. The minimum Gasteiger partial charge on any atom is -0.385 e. The largest absolute Gasteiger partial charge is 0.385 e. The molecule has 0 spiro atoms. The zero-order valence-corrected chi connectivity index (χ0v) is 13.8. The van der Waals surface area contributed by atoms with E-state index in [2.05, 4.69) is 15.0 Å². The van der Waals surface area contributed by atoms with Crippen molar-refractivity contribution in [2.24, 2.45) is 0 Å². The van der Waals surface area contributed by atoms with E-state index in [4.69, 9.17) is 0 Å². The fraction of sp³-hybridized carbons (Fsp3) is 0.200. The van der Waals surface area contributed by atoms with Crippen LogP contribution in [0.3, 0.4) is 0 Å². The fourth-order valence-electron chi connectivity index (χ4n) is 3.46. The summed E-state index contributed by atoms with van der Waals surface area (Å²) < 4.78 is 13.3. The highest BCUT2D eigenvalue weighted by atomic mass is 19.1. The van der Waals surface area contributed by atoms with Crippen LogP contribution in [-0.4, -0.2) is 25.8 Å². The highest BCUT2D eigenvalue weighted by Crippen LogP contribution is 2.41. The van der Waals surface area contributed by atoms with Crippen molar-refractivity contribution < 1.29 is 14.3 Å². The normalized spacial score (nSPS) is 18.1. The van der Waals surface area contributed by atoms with E-state index in [-0.39, 0.29) is 11.4 Å². The molecule has 3 aromatic rings. The standard InChI is InChI=1S/C20H16FN3O2/c21-14-4-3-13(14)18(25)11-8-17(22-10-11)19-23-15-5-2-12(9-16(15)24-19)20(26)6-1-7-20/h2-5,8-10,22,26H,1,6-7H2,(H,23,24). The molecule has 0 unspecified atom stereocenters. The van der Waals surface area contributed by atoms with E-state index in [0.29, 0.717) is 17.1 Å². The summed E-state index contributed by atoms with van der Waals surface area (Å²) in [5.74, 6) is -0.239. The average Bonchev–Trinajstić information content (AvgIpc) is 3.24. The molecule has 1 aromatic carbocycles. The number of carbonyl (C=O) groups excluding carboxylic acids is 1. The summed E-state index contributed by atoms with van der Waals surface area (Å²) in [7, 11) is 0. The van der Waals surface area contributed by atoms with Gasteiger partial charge in [0.05, 0.1) is 27.9 Å². The van der Waals surface area contributed by atoms with Gasteiger partial charge in [-0.15, -0.1) is 0 Å². The zero-order chi connectivity index (χ0) is 17.9. The van der Waals surface area contributed by atoms with E-state index in [1.54, 1.807) is 12.3 Å². The number of allylic oxidation sites excluding steroid dienone is 4. The Kier molecular flexibility index (Phi) is 3.09. The van der Waals surface area contributed by atoms with Gasteiger partial charge in [-0.05, 0) is 55.2 Å². The maximum atomic E-state index is 13.3. The molecule has 2 aliphatic rings. The Bertz CT molecular complexity index is 1120. The van der Waals surface area contributed by atoms with Gasteiger partial charge in [-0.2, -0.15) is 0 Å². The molecule has 5 nitrogen and oxygen atoms in total. The number of H-pyrrole nitrogens is 2. The molecule has 0 saturated heterocycles. The van der Waals surface area contributed by atoms with Crippen LogP contribution >= 0.6 is 0 Å². The number of aliphatic hydroxyl groups is 1. The van der Waals surface area contributed by atoms with Crippen molar-refractivity contribution in [3.63, 3.8) is 0 Å². The van der Waals surface area contributed by atoms with Crippen LogP contribution in [0, 0.1) is 0 Å². The Balaban J connectivity index is 1.47. The minimum absolute atomic E-state index is 0.0959. The first kappa shape index (κ1) is 15.3. The molecule has 0 bridgehead atoms. The number of ketones is 1. The van der Waals surface area contributed by atoms with Gasteiger partial charge in [0.2, 0.25) is 0 Å². The summed E-state index contributed by atoms with van der Waals surface area (Å²) in [4.78, 5) is 23.0. The molecular weight excluding hydrogens is 333 g/mol. The number of aromatic nitrogens is 3. The van der Waals surface area contributed by atoms with Gasteiger partial charge in [-0.1, -0.05) is 6.07 Å². The lowest BCUT2D eigenvalue weighted by Gasteiger charge is -2.37. The maximum Gasteiger partial charge on any atom is 0.197 e. The van der Waals surface area contributed by atoms with Crippen molar-refractivity contribution in [2.75, 3.05) is 0 Å². The summed E-state index contributed by atoms with van der Waals surface area (Å²) in [5.41, 5.74) is 2.92. The number of Topliss-reactive ketones (excluding diaryl/α,β-unsaturated/α-hetero) is 1. The van der Waals surface area contributed by atoms with Crippen LogP contribution in [0.2, 0.25) is 0 Å². The number of hydrogen-bond acceptors (Lipinski definition) is 3. The second kappa shape index (κ2) is 5.25. The Morgan fingerprint density at radius 1 is 1.23 bits per heavy atom. The van der Waals surface area contributed by atoms with Gasteiger partial charge in [0.1, 0.15) is 5.83 Å². The summed E-state index contributed by atoms with van der Waals surface area (Å²) in [6.07, 6.45) is 6.89. The van der Waals surface area contributed by atoms with E-state index in [1.807, 2.05) is 18.2 Å². The molecule has 130 valence electrons. The first-order valence-electron chi connectivity index (χ1n) is 8.57. The second-order valence-electron chi connectivity index (χ2n) is 6.93. The SMILES string of the molecule is O=C(C1=CC=C1F)c1c[nH]c(-c2nc3ccc(C4(O)CCC4)cc3[nH]2)c1. The lowest BCUT2D eigenvalue weighted by Crippen LogP contribution is -2.33. The number of fused-ring (bicyclic) bond motifs is 1. The molecular formula is C20H16FN3O2. The average molecular weight is 349 g/mol. The predicted molar refractivity (Wildman–Crippen MR) is 95.2 cm³/mol. The number of aromatic amines is 2. The minimum atomic E-state index is -0.723. The molecule has 1 saturated carbocycles. The number of nitrogens with zero attached hydrogens (tertiary/aromatic N) is 1. The van der Waals surface area contributed by atoms with Crippen LogP contribution < -0.4 is 0 Å². The first-order valence-corrected chi connectivity index (χ1v) is 8.57. The van der Waals surface area contributed by atoms with Gasteiger partial charge in [-0.3, -0.25) is 4.79 Å². The lowest BCUT2D eigenvalue weighted by atomic mass is 9.75. The van der Waals surface area contributed by atoms with E-state index in [1.165, 1.54) is 12.2 Å². The molecule has 5 rings (SSSR count). The van der Waals surface area contributed by atoms with Crippen LogP contribution in [-0.2, 0) is 5.60 Å². The summed E-state index contributed by atoms with van der Waals surface area (Å²) in [6.45, 7) is 0. The Morgan fingerprint density at radius 3 is 2.73 bits per heavy atom. The number of nitrogens with one attached hydrogen (secondary N) is 2. The third kappa shape index (κ3) is 2.19. The van der Waals surface area contributed by atoms with Crippen molar-refractivity contribution in [2.45, 2.75) is 24.9 Å². The molecule has 2 aliphatic carbocycles. The van der Waals surface area contributed by atoms with E-state index < -0.39 is 11.4 Å². The highest BCUT2D eigenvalue weighted by molar-refractivity contribution is 6.13. The molecule has 6 heteroatoms. The van der Waals surface area contributed by atoms with Gasteiger partial charge >= 0.3 is 0 Å². The van der Waals surface area contributed by atoms with Gasteiger partial charge < -0.3 is 15.1 Å². The van der Waals surface area contributed by atoms with E-state index in [0.717, 1.165) is 35.9 Å².